The Hall–Kier alpha value is -1.75. The highest BCUT2D eigenvalue weighted by Gasteiger charge is 2.25. The van der Waals surface area contributed by atoms with E-state index < -0.39 is 0 Å². The third-order valence-corrected chi connectivity index (χ3v) is 3.23. The summed E-state index contributed by atoms with van der Waals surface area (Å²) < 4.78 is 5.43. The van der Waals surface area contributed by atoms with Crippen LogP contribution in [0, 0.1) is 0 Å². The van der Waals surface area contributed by atoms with E-state index in [0.717, 1.165) is 18.5 Å². The predicted octanol–water partition coefficient (Wildman–Crippen LogP) is 1.66. The van der Waals surface area contributed by atoms with Crippen LogP contribution in [-0.4, -0.2) is 29.7 Å². The van der Waals surface area contributed by atoms with Gasteiger partial charge in [0.25, 0.3) is 0 Å². The molecule has 5 nitrogen and oxygen atoms in total. The highest BCUT2D eigenvalue weighted by molar-refractivity contribution is 5.84. The number of anilines is 1. The molecule has 1 atom stereocenters. The van der Waals surface area contributed by atoms with E-state index in [9.17, 15) is 9.90 Å². The van der Waals surface area contributed by atoms with E-state index in [-0.39, 0.29) is 18.6 Å². The molecule has 1 aromatic rings. The van der Waals surface area contributed by atoms with E-state index in [4.69, 9.17) is 4.74 Å². The first-order valence-electron chi connectivity index (χ1n) is 7.07. The van der Waals surface area contributed by atoms with Gasteiger partial charge in [0.1, 0.15) is 11.8 Å². The summed E-state index contributed by atoms with van der Waals surface area (Å²) in [5.41, 5.74) is 1.52. The number of carbonyl (C=O) groups is 1. The molecule has 1 aliphatic carbocycles. The van der Waals surface area contributed by atoms with Crippen LogP contribution in [0.4, 0.5) is 5.69 Å². The van der Waals surface area contributed by atoms with Gasteiger partial charge in [-0.05, 0) is 44.9 Å². The Morgan fingerprint density at radius 3 is 2.85 bits per heavy atom. The normalized spacial score (nSPS) is 15.6. The monoisotopic (exact) mass is 278 g/mol. The molecule has 20 heavy (non-hydrogen) atoms. The molecule has 110 valence electrons. The van der Waals surface area contributed by atoms with Gasteiger partial charge in [0.15, 0.2) is 0 Å². The molecule has 1 fully saturated rings. The molecule has 0 saturated heterocycles. The van der Waals surface area contributed by atoms with Crippen molar-refractivity contribution in [1.29, 1.82) is 0 Å². The van der Waals surface area contributed by atoms with Crippen molar-refractivity contribution in [2.45, 2.75) is 45.4 Å². The van der Waals surface area contributed by atoms with Crippen LogP contribution in [-0.2, 0) is 11.4 Å². The molecule has 0 spiro atoms. The maximum atomic E-state index is 11.9. The second-order valence-electron chi connectivity index (χ2n) is 5.06. The quantitative estimate of drug-likeness (QED) is 0.709. The minimum atomic E-state index is -0.305. The van der Waals surface area contributed by atoms with E-state index in [0.29, 0.717) is 24.0 Å². The summed E-state index contributed by atoms with van der Waals surface area (Å²) in [4.78, 5) is 11.9. The Morgan fingerprint density at radius 2 is 2.25 bits per heavy atom. The Bertz CT molecular complexity index is 472. The van der Waals surface area contributed by atoms with E-state index in [1.807, 2.05) is 32.0 Å². The summed E-state index contributed by atoms with van der Waals surface area (Å²) in [6.45, 7) is 4.19. The number of carbonyl (C=O) groups excluding carboxylic acids is 1. The maximum absolute atomic E-state index is 11.9. The third kappa shape index (κ3) is 3.87. The molecule has 0 heterocycles. The molecule has 5 heteroatoms. The summed E-state index contributed by atoms with van der Waals surface area (Å²) in [6.07, 6.45) is 2.16. The average Bonchev–Trinajstić information content (AvgIpc) is 3.24. The van der Waals surface area contributed by atoms with Crippen LogP contribution in [0.5, 0.6) is 5.75 Å². The minimum absolute atomic E-state index is 0.00642. The van der Waals surface area contributed by atoms with Crippen LogP contribution in [0.25, 0.3) is 0 Å². The largest absolute Gasteiger partial charge is 0.494 e. The fraction of sp³-hybridized carbons (Fsp3) is 0.533. The zero-order chi connectivity index (χ0) is 14.5. The van der Waals surface area contributed by atoms with Crippen molar-refractivity contribution >= 4 is 11.6 Å². The summed E-state index contributed by atoms with van der Waals surface area (Å²) in [7, 11) is 0. The van der Waals surface area contributed by atoms with Gasteiger partial charge in [-0.15, -0.1) is 0 Å². The zero-order valence-electron chi connectivity index (χ0n) is 12.0. The lowest BCUT2D eigenvalue weighted by molar-refractivity contribution is -0.121. The zero-order valence-corrected chi connectivity index (χ0v) is 12.0. The van der Waals surface area contributed by atoms with E-state index in [2.05, 4.69) is 10.6 Å². The maximum Gasteiger partial charge on any atom is 0.242 e. The fourth-order valence-corrected chi connectivity index (χ4v) is 1.96. The molecule has 0 radical (unpaired) electrons. The number of benzene rings is 1. The molecule has 3 N–H and O–H groups in total. The van der Waals surface area contributed by atoms with E-state index >= 15 is 0 Å². The molecule has 0 aliphatic heterocycles. The standard InChI is InChI=1S/C15H22N2O3/c1-3-20-14-7-6-13(8-11(14)9-18)16-10(2)15(19)17-12-4-5-12/h6-8,10,12,16,18H,3-5,9H2,1-2H3,(H,17,19). The van der Waals surface area contributed by atoms with Gasteiger partial charge < -0.3 is 20.5 Å². The number of hydrogen-bond acceptors (Lipinski definition) is 4. The smallest absolute Gasteiger partial charge is 0.242 e. The Morgan fingerprint density at radius 1 is 1.50 bits per heavy atom. The molecule has 0 aromatic heterocycles. The van der Waals surface area contributed by atoms with Crippen molar-refractivity contribution in [3.63, 3.8) is 0 Å². The van der Waals surface area contributed by atoms with Crippen LogP contribution in [0.1, 0.15) is 32.3 Å². The molecule has 1 aromatic carbocycles. The molecule has 1 unspecified atom stereocenters. The second-order valence-corrected chi connectivity index (χ2v) is 5.06. The number of hydrogen-bond donors (Lipinski definition) is 3. The van der Waals surface area contributed by atoms with Gasteiger partial charge in [-0.3, -0.25) is 4.79 Å². The summed E-state index contributed by atoms with van der Waals surface area (Å²) >= 11 is 0. The number of aliphatic hydroxyl groups is 1. The van der Waals surface area contributed by atoms with Crippen LogP contribution < -0.4 is 15.4 Å². The fourth-order valence-electron chi connectivity index (χ4n) is 1.96. The van der Waals surface area contributed by atoms with Gasteiger partial charge in [0.2, 0.25) is 5.91 Å². The first-order chi connectivity index (χ1) is 9.63. The SMILES string of the molecule is CCOc1ccc(NC(C)C(=O)NC2CC2)cc1CO. The lowest BCUT2D eigenvalue weighted by atomic mass is 10.1. The number of amides is 1. The third-order valence-electron chi connectivity index (χ3n) is 3.23. The topological polar surface area (TPSA) is 70.6 Å². The number of aliphatic hydroxyl groups excluding tert-OH is 1. The van der Waals surface area contributed by atoms with Crippen LogP contribution in [0.2, 0.25) is 0 Å². The van der Waals surface area contributed by atoms with Gasteiger partial charge in [0.05, 0.1) is 13.2 Å². The minimum Gasteiger partial charge on any atom is -0.494 e. The molecule has 1 amide bonds. The number of nitrogens with one attached hydrogen (secondary N) is 2. The molecular formula is C15H22N2O3. The molecule has 1 saturated carbocycles. The lowest BCUT2D eigenvalue weighted by Gasteiger charge is -2.17. The summed E-state index contributed by atoms with van der Waals surface area (Å²) in [5, 5.41) is 15.5. The van der Waals surface area contributed by atoms with E-state index in [1.165, 1.54) is 0 Å². The summed E-state index contributed by atoms with van der Waals surface area (Å²) in [6, 6.07) is 5.53. The predicted molar refractivity (Wildman–Crippen MR) is 77.8 cm³/mol. The Kier molecular flexibility index (Phi) is 4.84. The van der Waals surface area contributed by atoms with Crippen molar-refractivity contribution in [2.24, 2.45) is 0 Å². The van der Waals surface area contributed by atoms with Crippen LogP contribution >= 0.6 is 0 Å². The lowest BCUT2D eigenvalue weighted by Crippen LogP contribution is -2.38. The van der Waals surface area contributed by atoms with Crippen molar-refractivity contribution in [2.75, 3.05) is 11.9 Å². The van der Waals surface area contributed by atoms with Gasteiger partial charge in [-0.25, -0.2) is 0 Å². The molecule has 2 rings (SSSR count). The van der Waals surface area contributed by atoms with Crippen molar-refractivity contribution in [3.8, 4) is 5.75 Å². The Labute approximate surface area is 119 Å². The highest BCUT2D eigenvalue weighted by atomic mass is 16.5. The summed E-state index contributed by atoms with van der Waals surface area (Å²) in [5.74, 6) is 0.683. The van der Waals surface area contributed by atoms with E-state index in [1.54, 1.807) is 0 Å². The second kappa shape index (κ2) is 6.61. The van der Waals surface area contributed by atoms with Crippen molar-refractivity contribution in [1.82, 2.24) is 5.32 Å². The highest BCUT2D eigenvalue weighted by Crippen LogP contribution is 2.24. The Balaban J connectivity index is 1.98. The van der Waals surface area contributed by atoms with Gasteiger partial charge in [-0.2, -0.15) is 0 Å². The first kappa shape index (κ1) is 14.7. The number of rotatable bonds is 7. The molecule has 1 aliphatic rings. The molecular weight excluding hydrogens is 256 g/mol. The van der Waals surface area contributed by atoms with Crippen LogP contribution in [0.15, 0.2) is 18.2 Å². The first-order valence-corrected chi connectivity index (χ1v) is 7.07. The van der Waals surface area contributed by atoms with Gasteiger partial charge in [-0.1, -0.05) is 0 Å². The molecule has 0 bridgehead atoms. The van der Waals surface area contributed by atoms with Crippen LogP contribution in [0.3, 0.4) is 0 Å². The number of ether oxygens (including phenoxy) is 1. The average molecular weight is 278 g/mol. The van der Waals surface area contributed by atoms with Crippen molar-refractivity contribution < 1.29 is 14.6 Å². The van der Waals surface area contributed by atoms with Gasteiger partial charge in [0, 0.05) is 17.3 Å². The van der Waals surface area contributed by atoms with Gasteiger partial charge >= 0.3 is 0 Å². The van der Waals surface area contributed by atoms with Crippen molar-refractivity contribution in [3.05, 3.63) is 23.8 Å².